The Labute approximate surface area is 107 Å². The molecule has 92 valence electrons. The van der Waals surface area contributed by atoms with E-state index in [0.717, 1.165) is 37.1 Å². The molecular formula is C15H16N2O. The Morgan fingerprint density at radius 2 is 1.89 bits per heavy atom. The fourth-order valence-electron chi connectivity index (χ4n) is 2.06. The molecule has 0 aliphatic carbocycles. The summed E-state index contributed by atoms with van der Waals surface area (Å²) in [6, 6.07) is 9.80. The standard InChI is InChI=1S/C15H16N2O/c1-12-4-6-13(7-5-12)10-14(11-16)15(18)17-8-2-3-9-17/h4-7,10H,2-3,8-9H2,1H3/b14-10+. The van der Waals surface area contributed by atoms with Gasteiger partial charge in [0.25, 0.3) is 5.91 Å². The number of nitrogens with zero attached hydrogens (tertiary/aromatic N) is 2. The SMILES string of the molecule is Cc1ccc(/C=C(\C#N)C(=O)N2CCCC2)cc1. The molecule has 1 fully saturated rings. The van der Waals surface area contributed by atoms with Gasteiger partial charge in [0, 0.05) is 13.1 Å². The van der Waals surface area contributed by atoms with Gasteiger partial charge in [0.05, 0.1) is 0 Å². The molecule has 0 radical (unpaired) electrons. The van der Waals surface area contributed by atoms with Gasteiger partial charge in [-0.1, -0.05) is 29.8 Å². The molecule has 1 aromatic rings. The van der Waals surface area contributed by atoms with Gasteiger partial charge in [0.1, 0.15) is 11.6 Å². The van der Waals surface area contributed by atoms with Crippen molar-refractivity contribution >= 4 is 12.0 Å². The number of rotatable bonds is 2. The van der Waals surface area contributed by atoms with Crippen LogP contribution in [0.4, 0.5) is 0 Å². The first-order chi connectivity index (χ1) is 8.70. The third kappa shape index (κ3) is 2.78. The largest absolute Gasteiger partial charge is 0.338 e. The Morgan fingerprint density at radius 3 is 2.44 bits per heavy atom. The number of carbonyl (C=O) groups is 1. The number of likely N-dealkylation sites (tertiary alicyclic amines) is 1. The van der Waals surface area contributed by atoms with E-state index in [-0.39, 0.29) is 11.5 Å². The molecule has 0 aromatic heterocycles. The highest BCUT2D eigenvalue weighted by atomic mass is 16.2. The minimum absolute atomic E-state index is 0.143. The highest BCUT2D eigenvalue weighted by Gasteiger charge is 2.21. The van der Waals surface area contributed by atoms with Crippen LogP contribution >= 0.6 is 0 Å². The van der Waals surface area contributed by atoms with Crippen LogP contribution in [0.1, 0.15) is 24.0 Å². The average molecular weight is 240 g/mol. The van der Waals surface area contributed by atoms with E-state index in [1.54, 1.807) is 11.0 Å². The van der Waals surface area contributed by atoms with Crippen LogP contribution in [-0.4, -0.2) is 23.9 Å². The van der Waals surface area contributed by atoms with Crippen LogP contribution in [0, 0.1) is 18.3 Å². The molecule has 1 aliphatic rings. The maximum atomic E-state index is 12.1. The van der Waals surface area contributed by atoms with Crippen LogP contribution in [0.15, 0.2) is 29.8 Å². The lowest BCUT2D eigenvalue weighted by molar-refractivity contribution is -0.125. The maximum Gasteiger partial charge on any atom is 0.264 e. The van der Waals surface area contributed by atoms with Crippen LogP contribution in [0.2, 0.25) is 0 Å². The minimum Gasteiger partial charge on any atom is -0.338 e. The molecular weight excluding hydrogens is 224 g/mol. The molecule has 0 atom stereocenters. The summed E-state index contributed by atoms with van der Waals surface area (Å²) in [4.78, 5) is 13.8. The number of aryl methyl sites for hydroxylation is 1. The summed E-state index contributed by atoms with van der Waals surface area (Å²) in [7, 11) is 0. The molecule has 2 rings (SSSR count). The zero-order chi connectivity index (χ0) is 13.0. The summed E-state index contributed by atoms with van der Waals surface area (Å²) in [6.45, 7) is 3.55. The quantitative estimate of drug-likeness (QED) is 0.589. The molecule has 0 spiro atoms. The van der Waals surface area contributed by atoms with Crippen molar-refractivity contribution in [1.29, 1.82) is 5.26 Å². The van der Waals surface area contributed by atoms with E-state index in [0.29, 0.717) is 0 Å². The van der Waals surface area contributed by atoms with Crippen LogP contribution < -0.4 is 0 Å². The Balaban J connectivity index is 2.20. The molecule has 18 heavy (non-hydrogen) atoms. The van der Waals surface area contributed by atoms with E-state index in [4.69, 9.17) is 5.26 Å². The Hall–Kier alpha value is -2.08. The van der Waals surface area contributed by atoms with E-state index in [2.05, 4.69) is 0 Å². The average Bonchev–Trinajstić information content (AvgIpc) is 2.91. The molecule has 0 saturated carbocycles. The Kier molecular flexibility index (Phi) is 3.78. The molecule has 0 unspecified atom stereocenters. The summed E-state index contributed by atoms with van der Waals surface area (Å²) in [5.74, 6) is -0.143. The van der Waals surface area contributed by atoms with Crippen molar-refractivity contribution in [1.82, 2.24) is 4.90 Å². The molecule has 3 nitrogen and oxygen atoms in total. The maximum absolute atomic E-state index is 12.1. The van der Waals surface area contributed by atoms with Crippen LogP contribution in [0.5, 0.6) is 0 Å². The summed E-state index contributed by atoms with van der Waals surface area (Å²) < 4.78 is 0. The minimum atomic E-state index is -0.143. The lowest BCUT2D eigenvalue weighted by Crippen LogP contribution is -2.28. The lowest BCUT2D eigenvalue weighted by Gasteiger charge is -2.14. The van der Waals surface area contributed by atoms with E-state index >= 15 is 0 Å². The summed E-state index contributed by atoms with van der Waals surface area (Å²) in [6.07, 6.45) is 3.74. The zero-order valence-corrected chi connectivity index (χ0v) is 10.5. The second-order valence-electron chi connectivity index (χ2n) is 4.58. The molecule has 1 amide bonds. The number of amides is 1. The van der Waals surface area contributed by atoms with Crippen molar-refractivity contribution in [3.63, 3.8) is 0 Å². The Morgan fingerprint density at radius 1 is 1.28 bits per heavy atom. The third-order valence-electron chi connectivity index (χ3n) is 3.13. The fourth-order valence-corrected chi connectivity index (χ4v) is 2.06. The van der Waals surface area contributed by atoms with Gasteiger partial charge in [-0.15, -0.1) is 0 Å². The molecule has 0 bridgehead atoms. The summed E-state index contributed by atoms with van der Waals surface area (Å²) >= 11 is 0. The first-order valence-electron chi connectivity index (χ1n) is 6.18. The highest BCUT2D eigenvalue weighted by molar-refractivity contribution is 6.01. The lowest BCUT2D eigenvalue weighted by atomic mass is 10.1. The third-order valence-corrected chi connectivity index (χ3v) is 3.13. The number of carbonyl (C=O) groups excluding carboxylic acids is 1. The van der Waals surface area contributed by atoms with E-state index in [1.165, 1.54) is 0 Å². The van der Waals surface area contributed by atoms with Crippen LogP contribution in [0.25, 0.3) is 6.08 Å². The van der Waals surface area contributed by atoms with Crippen molar-refractivity contribution in [3.05, 3.63) is 41.0 Å². The van der Waals surface area contributed by atoms with Gasteiger partial charge in [-0.05, 0) is 31.4 Å². The second kappa shape index (κ2) is 5.50. The van der Waals surface area contributed by atoms with Gasteiger partial charge in [0.2, 0.25) is 0 Å². The fraction of sp³-hybridized carbons (Fsp3) is 0.333. The van der Waals surface area contributed by atoms with Gasteiger partial charge < -0.3 is 4.90 Å². The number of hydrogen-bond donors (Lipinski definition) is 0. The van der Waals surface area contributed by atoms with Crippen LogP contribution in [-0.2, 0) is 4.79 Å². The zero-order valence-electron chi connectivity index (χ0n) is 10.5. The van der Waals surface area contributed by atoms with Gasteiger partial charge in [-0.3, -0.25) is 4.79 Å². The van der Waals surface area contributed by atoms with Gasteiger partial charge in [-0.2, -0.15) is 5.26 Å². The van der Waals surface area contributed by atoms with Crippen molar-refractivity contribution in [3.8, 4) is 6.07 Å². The van der Waals surface area contributed by atoms with E-state index in [9.17, 15) is 4.79 Å². The predicted octanol–water partition coefficient (Wildman–Crippen LogP) is 2.52. The number of benzene rings is 1. The van der Waals surface area contributed by atoms with Crippen molar-refractivity contribution in [2.75, 3.05) is 13.1 Å². The first-order valence-corrected chi connectivity index (χ1v) is 6.18. The highest BCUT2D eigenvalue weighted by Crippen LogP contribution is 2.14. The monoisotopic (exact) mass is 240 g/mol. The van der Waals surface area contributed by atoms with E-state index < -0.39 is 0 Å². The number of nitriles is 1. The first kappa shape index (κ1) is 12.4. The van der Waals surface area contributed by atoms with Gasteiger partial charge in [-0.25, -0.2) is 0 Å². The molecule has 3 heteroatoms. The van der Waals surface area contributed by atoms with E-state index in [1.807, 2.05) is 37.3 Å². The smallest absolute Gasteiger partial charge is 0.264 e. The predicted molar refractivity (Wildman–Crippen MR) is 70.6 cm³/mol. The molecule has 1 heterocycles. The molecule has 0 N–H and O–H groups in total. The Bertz CT molecular complexity index is 502. The van der Waals surface area contributed by atoms with Crippen LogP contribution in [0.3, 0.4) is 0 Å². The van der Waals surface area contributed by atoms with Crippen molar-refractivity contribution < 1.29 is 4.79 Å². The summed E-state index contributed by atoms with van der Waals surface area (Å²) in [5.41, 5.74) is 2.28. The van der Waals surface area contributed by atoms with Gasteiger partial charge in [0.15, 0.2) is 0 Å². The van der Waals surface area contributed by atoms with Gasteiger partial charge >= 0.3 is 0 Å². The number of hydrogen-bond acceptors (Lipinski definition) is 2. The van der Waals surface area contributed by atoms with Crippen molar-refractivity contribution in [2.24, 2.45) is 0 Å². The topological polar surface area (TPSA) is 44.1 Å². The summed E-state index contributed by atoms with van der Waals surface area (Å²) in [5, 5.41) is 9.11. The second-order valence-corrected chi connectivity index (χ2v) is 4.58. The molecule has 1 saturated heterocycles. The molecule has 1 aliphatic heterocycles. The van der Waals surface area contributed by atoms with Crippen molar-refractivity contribution in [2.45, 2.75) is 19.8 Å². The normalized spacial score (nSPS) is 15.6. The molecule has 1 aromatic carbocycles.